The molecular weight excluding hydrogens is 367 g/mol. The van der Waals surface area contributed by atoms with Crippen molar-refractivity contribution in [2.24, 2.45) is 0 Å². The van der Waals surface area contributed by atoms with Gasteiger partial charge in [0.05, 0.1) is 27.8 Å². The van der Waals surface area contributed by atoms with Gasteiger partial charge in [-0.15, -0.1) is 0 Å². The maximum Gasteiger partial charge on any atom is 0.231 e. The Kier molecular flexibility index (Phi) is 4.92. The molecule has 2 heterocycles. The highest BCUT2D eigenvalue weighted by Crippen LogP contribution is 2.38. The lowest BCUT2D eigenvalue weighted by atomic mass is 10.0. The number of para-hydroxylation sites is 1. The molecule has 134 valence electrons. The Morgan fingerprint density at radius 2 is 1.85 bits per heavy atom. The number of benzene rings is 2. The predicted molar refractivity (Wildman–Crippen MR) is 109 cm³/mol. The summed E-state index contributed by atoms with van der Waals surface area (Å²) in [5.41, 5.74) is 4.16. The first-order valence-corrected chi connectivity index (χ1v) is 9.68. The van der Waals surface area contributed by atoms with Gasteiger partial charge in [-0.2, -0.15) is 0 Å². The van der Waals surface area contributed by atoms with Crippen molar-refractivity contribution in [3.8, 4) is 0 Å². The number of halogens is 2. The Bertz CT molecular complexity index is 872. The summed E-state index contributed by atoms with van der Waals surface area (Å²) in [7, 11) is 0. The molecule has 2 aliphatic rings. The van der Waals surface area contributed by atoms with E-state index in [4.69, 9.17) is 23.2 Å². The van der Waals surface area contributed by atoms with Crippen molar-refractivity contribution in [2.75, 3.05) is 29.4 Å². The quantitative estimate of drug-likeness (QED) is 0.723. The van der Waals surface area contributed by atoms with E-state index in [-0.39, 0.29) is 5.91 Å². The number of amides is 1. The third-order valence-electron chi connectivity index (χ3n) is 4.99. The molecular formula is C21H20Cl2N2O. The van der Waals surface area contributed by atoms with E-state index in [0.717, 1.165) is 35.6 Å². The van der Waals surface area contributed by atoms with E-state index in [1.54, 1.807) is 12.1 Å². The molecule has 5 heteroatoms. The maximum absolute atomic E-state index is 13.1. The zero-order valence-electron chi connectivity index (χ0n) is 14.4. The van der Waals surface area contributed by atoms with Crippen molar-refractivity contribution in [3.05, 3.63) is 63.6 Å². The maximum atomic E-state index is 13.1. The third-order valence-corrected chi connectivity index (χ3v) is 5.73. The monoisotopic (exact) mass is 386 g/mol. The van der Waals surface area contributed by atoms with Gasteiger partial charge >= 0.3 is 0 Å². The van der Waals surface area contributed by atoms with Crippen LogP contribution in [0.5, 0.6) is 0 Å². The second kappa shape index (κ2) is 7.34. The lowest BCUT2D eigenvalue weighted by molar-refractivity contribution is -0.117. The number of fused-ring (bicyclic) bond motifs is 1. The van der Waals surface area contributed by atoms with Gasteiger partial charge in [0.2, 0.25) is 5.91 Å². The number of hydrogen-bond donors (Lipinski definition) is 0. The summed E-state index contributed by atoms with van der Waals surface area (Å²) in [6.45, 7) is 2.70. The van der Waals surface area contributed by atoms with E-state index in [1.807, 2.05) is 17.0 Å². The van der Waals surface area contributed by atoms with E-state index in [1.165, 1.54) is 12.8 Å². The smallest absolute Gasteiger partial charge is 0.231 e. The molecule has 0 unspecified atom stereocenters. The molecule has 4 rings (SSSR count). The van der Waals surface area contributed by atoms with Gasteiger partial charge in [-0.25, -0.2) is 0 Å². The standard InChI is InChI=1S/C21H20Cl2N2O/c22-17-9-8-15(13-18(17)23)14-20(26)25-12-4-6-16-5-3-7-19(21(16)25)24-10-1-2-11-24/h3-9,13H,1-2,10-12,14H2. The molecule has 0 atom stereocenters. The number of nitrogens with zero attached hydrogens (tertiary/aromatic N) is 2. The average Bonchev–Trinajstić information content (AvgIpc) is 3.18. The van der Waals surface area contributed by atoms with Crippen LogP contribution in [0, 0.1) is 0 Å². The minimum atomic E-state index is 0.0700. The Labute approximate surface area is 163 Å². The van der Waals surface area contributed by atoms with Crippen molar-refractivity contribution < 1.29 is 4.79 Å². The second-order valence-electron chi connectivity index (χ2n) is 6.74. The zero-order valence-corrected chi connectivity index (χ0v) is 15.9. The number of hydrogen-bond acceptors (Lipinski definition) is 2. The van der Waals surface area contributed by atoms with E-state index >= 15 is 0 Å². The van der Waals surface area contributed by atoms with Crippen LogP contribution in [0.2, 0.25) is 10.0 Å². The number of carbonyl (C=O) groups is 1. The Morgan fingerprint density at radius 3 is 2.62 bits per heavy atom. The molecule has 1 amide bonds. The van der Waals surface area contributed by atoms with Crippen LogP contribution in [0.1, 0.15) is 24.0 Å². The van der Waals surface area contributed by atoms with Crippen molar-refractivity contribution >= 4 is 46.6 Å². The van der Waals surface area contributed by atoms with Crippen molar-refractivity contribution in [3.63, 3.8) is 0 Å². The van der Waals surface area contributed by atoms with Crippen LogP contribution in [-0.2, 0) is 11.2 Å². The van der Waals surface area contributed by atoms with Crippen molar-refractivity contribution in [2.45, 2.75) is 19.3 Å². The molecule has 3 nitrogen and oxygen atoms in total. The summed E-state index contributed by atoms with van der Waals surface area (Å²) in [6, 6.07) is 11.6. The molecule has 26 heavy (non-hydrogen) atoms. The lowest BCUT2D eigenvalue weighted by Gasteiger charge is -2.32. The van der Waals surface area contributed by atoms with Crippen LogP contribution in [-0.4, -0.2) is 25.5 Å². The molecule has 0 aliphatic carbocycles. The van der Waals surface area contributed by atoms with Gasteiger partial charge in [-0.05, 0) is 36.6 Å². The van der Waals surface area contributed by atoms with Crippen LogP contribution in [0.25, 0.3) is 6.08 Å². The predicted octanol–water partition coefficient (Wildman–Crippen LogP) is 5.20. The Morgan fingerprint density at radius 1 is 1.04 bits per heavy atom. The number of carbonyl (C=O) groups excluding carboxylic acids is 1. The molecule has 0 radical (unpaired) electrons. The van der Waals surface area contributed by atoms with Gasteiger partial charge in [0, 0.05) is 25.2 Å². The molecule has 2 aromatic carbocycles. The third kappa shape index (κ3) is 3.34. The molecule has 0 N–H and O–H groups in total. The number of rotatable bonds is 3. The van der Waals surface area contributed by atoms with Gasteiger partial charge in [0.15, 0.2) is 0 Å². The minimum Gasteiger partial charge on any atom is -0.370 e. The van der Waals surface area contributed by atoms with E-state index < -0.39 is 0 Å². The molecule has 0 spiro atoms. The molecule has 1 fully saturated rings. The fourth-order valence-electron chi connectivity index (χ4n) is 3.71. The normalized spacial score (nSPS) is 16.1. The van der Waals surface area contributed by atoms with Crippen LogP contribution in [0.4, 0.5) is 11.4 Å². The zero-order chi connectivity index (χ0) is 18.1. The average molecular weight is 387 g/mol. The SMILES string of the molecule is O=C(Cc1ccc(Cl)c(Cl)c1)N1CC=Cc2cccc(N3CCCC3)c21. The highest BCUT2D eigenvalue weighted by Gasteiger charge is 2.26. The molecule has 0 saturated carbocycles. The minimum absolute atomic E-state index is 0.0700. The Balaban J connectivity index is 1.65. The first kappa shape index (κ1) is 17.4. The molecule has 2 aliphatic heterocycles. The van der Waals surface area contributed by atoms with E-state index in [2.05, 4.69) is 29.2 Å². The highest BCUT2D eigenvalue weighted by atomic mass is 35.5. The topological polar surface area (TPSA) is 23.6 Å². The Hall–Kier alpha value is -1.97. The summed E-state index contributed by atoms with van der Waals surface area (Å²) in [6.07, 6.45) is 6.87. The van der Waals surface area contributed by atoms with Gasteiger partial charge in [-0.1, -0.05) is 53.6 Å². The summed E-state index contributed by atoms with van der Waals surface area (Å²) >= 11 is 12.1. The molecule has 0 bridgehead atoms. The highest BCUT2D eigenvalue weighted by molar-refractivity contribution is 6.42. The lowest BCUT2D eigenvalue weighted by Crippen LogP contribution is -2.36. The van der Waals surface area contributed by atoms with Crippen LogP contribution < -0.4 is 9.80 Å². The van der Waals surface area contributed by atoms with Crippen molar-refractivity contribution in [1.29, 1.82) is 0 Å². The number of anilines is 2. The van der Waals surface area contributed by atoms with Crippen LogP contribution >= 0.6 is 23.2 Å². The summed E-state index contributed by atoms with van der Waals surface area (Å²) in [5.74, 6) is 0.0700. The fraction of sp³-hybridized carbons (Fsp3) is 0.286. The first-order chi connectivity index (χ1) is 12.6. The van der Waals surface area contributed by atoms with Gasteiger partial charge in [0.1, 0.15) is 0 Å². The summed E-state index contributed by atoms with van der Waals surface area (Å²) in [5, 5.41) is 0.985. The van der Waals surface area contributed by atoms with Crippen molar-refractivity contribution in [1.82, 2.24) is 0 Å². The summed E-state index contributed by atoms with van der Waals surface area (Å²) in [4.78, 5) is 17.4. The molecule has 1 saturated heterocycles. The van der Waals surface area contributed by atoms with Crippen LogP contribution in [0.3, 0.4) is 0 Å². The van der Waals surface area contributed by atoms with E-state index in [9.17, 15) is 4.79 Å². The fourth-order valence-corrected chi connectivity index (χ4v) is 4.03. The molecule has 2 aromatic rings. The van der Waals surface area contributed by atoms with Gasteiger partial charge in [-0.3, -0.25) is 4.79 Å². The van der Waals surface area contributed by atoms with E-state index in [0.29, 0.717) is 23.0 Å². The molecule has 0 aromatic heterocycles. The van der Waals surface area contributed by atoms with Gasteiger partial charge in [0.25, 0.3) is 0 Å². The van der Waals surface area contributed by atoms with Gasteiger partial charge < -0.3 is 9.80 Å². The summed E-state index contributed by atoms with van der Waals surface area (Å²) < 4.78 is 0. The largest absolute Gasteiger partial charge is 0.370 e. The second-order valence-corrected chi connectivity index (χ2v) is 7.56. The first-order valence-electron chi connectivity index (χ1n) is 8.92. The van der Waals surface area contributed by atoms with Crippen LogP contribution in [0.15, 0.2) is 42.5 Å².